The molecule has 0 spiro atoms. The third-order valence-electron chi connectivity index (χ3n) is 6.73. The molecule has 27 heavy (non-hydrogen) atoms. The Morgan fingerprint density at radius 1 is 1.37 bits per heavy atom. The van der Waals surface area contributed by atoms with Gasteiger partial charge >= 0.3 is 11.9 Å². The molecule has 0 aromatic carbocycles. The Kier molecular flexibility index (Phi) is 3.77. The summed E-state index contributed by atoms with van der Waals surface area (Å²) in [6, 6.07) is 0. The monoisotopic (exact) mass is 376 g/mol. The van der Waals surface area contributed by atoms with Crippen molar-refractivity contribution in [1.82, 2.24) is 0 Å². The fourth-order valence-electron chi connectivity index (χ4n) is 4.84. The van der Waals surface area contributed by atoms with E-state index in [0.29, 0.717) is 11.1 Å². The van der Waals surface area contributed by atoms with E-state index in [-0.39, 0.29) is 6.42 Å². The van der Waals surface area contributed by atoms with Crippen LogP contribution in [-0.4, -0.2) is 46.1 Å². The molecule has 2 aliphatic carbocycles. The minimum Gasteiger partial charge on any atom is -0.458 e. The number of allylic oxidation sites excluding steroid dienone is 1. The molecular weight excluding hydrogens is 352 g/mol. The van der Waals surface area contributed by atoms with Gasteiger partial charge in [0, 0.05) is 17.1 Å². The van der Waals surface area contributed by atoms with E-state index in [2.05, 4.69) is 6.58 Å². The molecule has 2 saturated heterocycles. The number of aliphatic hydroxyl groups is 1. The molecule has 0 amide bonds. The first kappa shape index (κ1) is 18.4. The number of fused-ring (bicyclic) bond motifs is 1. The fraction of sp³-hybridized carbons (Fsp3) is 0.600. The fourth-order valence-corrected chi connectivity index (χ4v) is 4.84. The van der Waals surface area contributed by atoms with E-state index in [1.807, 2.05) is 13.0 Å². The SMILES string of the molecule is C=C1C(=O)O[C@H]2[C@H]1C[C@@H](O)[C@@](C)(OC(=O)/C(C)=C\C)[C@@]13C=C[C@@](C)(OO1)[C@H]23. The second kappa shape index (κ2) is 5.53. The molecule has 7 atom stereocenters. The average Bonchev–Trinajstić information content (AvgIpc) is 3.18. The molecule has 2 aliphatic heterocycles. The Bertz CT molecular complexity index is 798. The van der Waals surface area contributed by atoms with Gasteiger partial charge < -0.3 is 14.6 Å². The number of esters is 2. The zero-order chi connectivity index (χ0) is 19.8. The van der Waals surface area contributed by atoms with Crippen molar-refractivity contribution in [3.63, 3.8) is 0 Å². The van der Waals surface area contributed by atoms with Gasteiger partial charge in [0.1, 0.15) is 11.7 Å². The third kappa shape index (κ3) is 2.13. The standard InChI is InChI=1S/C20H24O7/c1-6-10(2)16(22)25-19(5)13(21)9-12-11(3)17(23)24-14(12)15-18(4)7-8-20(15,19)27-26-18/h6-8,12-15,21H,3,9H2,1-2,4-5H3/b10-6-/t12-,13+,14-,15-,18+,19+,20-/m0/s1. The highest BCUT2D eigenvalue weighted by Crippen LogP contribution is 2.62. The topological polar surface area (TPSA) is 91.3 Å². The Balaban J connectivity index is 1.85. The van der Waals surface area contributed by atoms with Gasteiger partial charge in [-0.3, -0.25) is 0 Å². The summed E-state index contributed by atoms with van der Waals surface area (Å²) in [6.45, 7) is 10.7. The first-order valence-electron chi connectivity index (χ1n) is 9.11. The van der Waals surface area contributed by atoms with Crippen LogP contribution in [0.1, 0.15) is 34.1 Å². The quantitative estimate of drug-likeness (QED) is 0.340. The van der Waals surface area contributed by atoms with Crippen molar-refractivity contribution in [2.45, 2.75) is 63.1 Å². The summed E-state index contributed by atoms with van der Waals surface area (Å²) >= 11 is 0. The summed E-state index contributed by atoms with van der Waals surface area (Å²) in [6.07, 6.45) is 3.68. The number of aliphatic hydroxyl groups excluding tert-OH is 1. The van der Waals surface area contributed by atoms with Crippen LogP contribution in [0, 0.1) is 11.8 Å². The maximum absolute atomic E-state index is 12.6. The van der Waals surface area contributed by atoms with Gasteiger partial charge in [-0.2, -0.15) is 0 Å². The van der Waals surface area contributed by atoms with E-state index < -0.39 is 52.8 Å². The van der Waals surface area contributed by atoms with Crippen molar-refractivity contribution in [2.24, 2.45) is 11.8 Å². The molecular formula is C20H24O7. The lowest BCUT2D eigenvalue weighted by molar-refractivity contribution is -0.366. The normalized spacial score (nSPS) is 48.1. The Morgan fingerprint density at radius 3 is 2.67 bits per heavy atom. The second-order valence-corrected chi connectivity index (χ2v) is 8.18. The van der Waals surface area contributed by atoms with Crippen molar-refractivity contribution >= 4 is 11.9 Å². The highest BCUT2D eigenvalue weighted by molar-refractivity contribution is 5.91. The minimum absolute atomic E-state index is 0.166. The number of carbonyl (C=O) groups is 2. The predicted octanol–water partition coefficient (Wildman–Crippen LogP) is 1.76. The van der Waals surface area contributed by atoms with Crippen LogP contribution in [-0.2, 0) is 28.8 Å². The van der Waals surface area contributed by atoms with Crippen LogP contribution in [0.2, 0.25) is 0 Å². The number of ether oxygens (including phenoxy) is 2. The molecule has 4 rings (SSSR count). The lowest BCUT2D eigenvalue weighted by Crippen LogP contribution is -2.63. The summed E-state index contributed by atoms with van der Waals surface area (Å²) < 4.78 is 11.5. The number of hydrogen-bond donors (Lipinski definition) is 1. The molecule has 0 unspecified atom stereocenters. The lowest BCUT2D eigenvalue weighted by Gasteiger charge is -2.44. The van der Waals surface area contributed by atoms with E-state index in [0.717, 1.165) is 0 Å². The van der Waals surface area contributed by atoms with E-state index in [9.17, 15) is 14.7 Å². The summed E-state index contributed by atoms with van der Waals surface area (Å²) in [7, 11) is 0. The molecule has 7 nitrogen and oxygen atoms in total. The van der Waals surface area contributed by atoms with Crippen LogP contribution in [0.25, 0.3) is 0 Å². The first-order valence-corrected chi connectivity index (χ1v) is 9.11. The van der Waals surface area contributed by atoms with E-state index >= 15 is 0 Å². The smallest absolute Gasteiger partial charge is 0.334 e. The van der Waals surface area contributed by atoms with E-state index in [1.54, 1.807) is 32.9 Å². The maximum atomic E-state index is 12.6. The van der Waals surface area contributed by atoms with Crippen LogP contribution in [0.15, 0.2) is 36.0 Å². The van der Waals surface area contributed by atoms with Gasteiger partial charge in [-0.15, -0.1) is 0 Å². The zero-order valence-electron chi connectivity index (χ0n) is 15.9. The highest BCUT2D eigenvalue weighted by Gasteiger charge is 2.77. The zero-order valence-corrected chi connectivity index (χ0v) is 15.9. The Labute approximate surface area is 157 Å². The third-order valence-corrected chi connectivity index (χ3v) is 6.73. The summed E-state index contributed by atoms with van der Waals surface area (Å²) in [4.78, 5) is 36.1. The van der Waals surface area contributed by atoms with Gasteiger partial charge in [-0.05, 0) is 40.2 Å². The molecule has 1 N–H and O–H groups in total. The predicted molar refractivity (Wildman–Crippen MR) is 93.0 cm³/mol. The highest BCUT2D eigenvalue weighted by atomic mass is 17.2. The van der Waals surface area contributed by atoms with Crippen molar-refractivity contribution in [3.8, 4) is 0 Å². The van der Waals surface area contributed by atoms with Gasteiger partial charge in [0.2, 0.25) is 0 Å². The Morgan fingerprint density at radius 2 is 2.07 bits per heavy atom. The molecule has 1 saturated carbocycles. The van der Waals surface area contributed by atoms with E-state index in [4.69, 9.17) is 19.2 Å². The molecule has 0 radical (unpaired) electrons. The summed E-state index contributed by atoms with van der Waals surface area (Å²) in [5.74, 6) is -1.93. The summed E-state index contributed by atoms with van der Waals surface area (Å²) in [5.41, 5.74) is -2.87. The van der Waals surface area contributed by atoms with Crippen molar-refractivity contribution < 1.29 is 33.9 Å². The summed E-state index contributed by atoms with van der Waals surface area (Å²) in [5, 5.41) is 11.1. The molecule has 2 bridgehead atoms. The van der Waals surface area contributed by atoms with Crippen LogP contribution in [0.4, 0.5) is 0 Å². The van der Waals surface area contributed by atoms with Gasteiger partial charge in [-0.25, -0.2) is 19.4 Å². The molecule has 3 fully saturated rings. The van der Waals surface area contributed by atoms with Gasteiger partial charge in [-0.1, -0.05) is 18.7 Å². The minimum atomic E-state index is -1.44. The van der Waals surface area contributed by atoms with Crippen molar-refractivity contribution in [3.05, 3.63) is 36.0 Å². The molecule has 146 valence electrons. The average molecular weight is 376 g/mol. The van der Waals surface area contributed by atoms with Gasteiger partial charge in [0.05, 0.1) is 12.0 Å². The molecule has 7 heteroatoms. The molecule has 0 aromatic rings. The van der Waals surface area contributed by atoms with Crippen LogP contribution < -0.4 is 0 Å². The molecule has 2 heterocycles. The van der Waals surface area contributed by atoms with E-state index in [1.165, 1.54) is 0 Å². The number of rotatable bonds is 2. The van der Waals surface area contributed by atoms with Crippen molar-refractivity contribution in [1.29, 1.82) is 0 Å². The largest absolute Gasteiger partial charge is 0.458 e. The molecule has 0 aromatic heterocycles. The second-order valence-electron chi connectivity index (χ2n) is 8.18. The lowest BCUT2D eigenvalue weighted by atomic mass is 9.70. The van der Waals surface area contributed by atoms with Crippen LogP contribution in [0.3, 0.4) is 0 Å². The van der Waals surface area contributed by atoms with Crippen molar-refractivity contribution in [2.75, 3.05) is 0 Å². The Hall–Kier alpha value is -1.96. The maximum Gasteiger partial charge on any atom is 0.334 e. The van der Waals surface area contributed by atoms with Crippen LogP contribution in [0.5, 0.6) is 0 Å². The molecule has 4 aliphatic rings. The first-order chi connectivity index (χ1) is 12.6. The van der Waals surface area contributed by atoms with Gasteiger partial charge in [0.15, 0.2) is 11.2 Å². The number of carbonyl (C=O) groups excluding carboxylic acids is 2. The van der Waals surface area contributed by atoms with Gasteiger partial charge in [0.25, 0.3) is 0 Å². The number of hydrogen-bond acceptors (Lipinski definition) is 7. The van der Waals surface area contributed by atoms with Crippen LogP contribution >= 0.6 is 0 Å².